The van der Waals surface area contributed by atoms with Crippen LogP contribution >= 0.6 is 0 Å². The van der Waals surface area contributed by atoms with Crippen LogP contribution in [-0.2, 0) is 0 Å². The average Bonchev–Trinajstić information content (AvgIpc) is 2.70. The molecule has 0 saturated carbocycles. The second-order valence-electron chi connectivity index (χ2n) is 7.41. The lowest BCUT2D eigenvalue weighted by Crippen LogP contribution is -2.29. The molecule has 1 N–H and O–H groups in total. The maximum Gasteiger partial charge on any atom is 0.196 e. The Kier molecular flexibility index (Phi) is 4.88. The maximum atomic E-state index is 13.0. The zero-order valence-electron chi connectivity index (χ0n) is 16.0. The number of hydrogen-bond donors (Lipinski definition) is 1. The zero-order chi connectivity index (χ0) is 18.8. The van der Waals surface area contributed by atoms with Crippen molar-refractivity contribution in [2.75, 3.05) is 23.3 Å². The Labute approximate surface area is 160 Å². The van der Waals surface area contributed by atoms with Crippen LogP contribution in [0.4, 0.5) is 11.6 Å². The molecule has 4 heteroatoms. The van der Waals surface area contributed by atoms with Gasteiger partial charge in [0.15, 0.2) is 11.3 Å². The van der Waals surface area contributed by atoms with Gasteiger partial charge in [-0.1, -0.05) is 18.2 Å². The van der Waals surface area contributed by atoms with Crippen molar-refractivity contribution in [3.05, 3.63) is 69.9 Å². The Hall–Kier alpha value is -2.75. The molecule has 0 aromatic heterocycles. The average molecular weight is 362 g/mol. The first-order chi connectivity index (χ1) is 13.1. The third-order valence-electron chi connectivity index (χ3n) is 5.35. The normalized spacial score (nSPS) is 15.7. The summed E-state index contributed by atoms with van der Waals surface area (Å²) in [5.74, 6) is 1.56. The number of piperidine rings is 1. The minimum absolute atomic E-state index is 0.0537. The third-order valence-corrected chi connectivity index (χ3v) is 5.35. The fraction of sp³-hybridized carbons (Fsp3) is 0.348. The minimum Gasteiger partial charge on any atom is -0.440 e. The Morgan fingerprint density at radius 1 is 1.04 bits per heavy atom. The molecule has 4 rings (SSSR count). The van der Waals surface area contributed by atoms with Crippen LogP contribution in [0.2, 0.25) is 0 Å². The molecular formula is C23H26N2O2. The number of para-hydroxylation sites is 1. The first-order valence-corrected chi connectivity index (χ1v) is 9.77. The van der Waals surface area contributed by atoms with Gasteiger partial charge in [0.25, 0.3) is 0 Å². The molecule has 1 fully saturated rings. The summed E-state index contributed by atoms with van der Waals surface area (Å²) in [4.78, 5) is 15.3. The smallest absolute Gasteiger partial charge is 0.196 e. The highest BCUT2D eigenvalue weighted by Crippen LogP contribution is 2.34. The first-order valence-electron chi connectivity index (χ1n) is 9.77. The van der Waals surface area contributed by atoms with Gasteiger partial charge in [0.1, 0.15) is 5.76 Å². The van der Waals surface area contributed by atoms with Crippen LogP contribution in [0.5, 0.6) is 0 Å². The fourth-order valence-electron chi connectivity index (χ4n) is 3.91. The van der Waals surface area contributed by atoms with Gasteiger partial charge in [0, 0.05) is 24.3 Å². The summed E-state index contributed by atoms with van der Waals surface area (Å²) in [6, 6.07) is 15.9. The van der Waals surface area contributed by atoms with Crippen molar-refractivity contribution in [2.45, 2.75) is 39.2 Å². The molecule has 1 atom stereocenters. The molecule has 1 saturated heterocycles. The van der Waals surface area contributed by atoms with Gasteiger partial charge in [-0.3, -0.25) is 4.79 Å². The van der Waals surface area contributed by atoms with Gasteiger partial charge in [0.05, 0.1) is 11.6 Å². The minimum atomic E-state index is -0.150. The van der Waals surface area contributed by atoms with E-state index in [4.69, 9.17) is 4.42 Å². The van der Waals surface area contributed by atoms with Crippen LogP contribution in [0.25, 0.3) is 11.3 Å². The molecule has 1 aliphatic carbocycles. The molecule has 27 heavy (non-hydrogen) atoms. The highest BCUT2D eigenvalue weighted by Gasteiger charge is 2.23. The van der Waals surface area contributed by atoms with E-state index >= 15 is 0 Å². The Morgan fingerprint density at radius 3 is 2.52 bits per heavy atom. The molecule has 2 aliphatic heterocycles. The van der Waals surface area contributed by atoms with Crippen LogP contribution in [0.3, 0.4) is 0 Å². The first kappa shape index (κ1) is 17.7. The number of benzene rings is 2. The van der Waals surface area contributed by atoms with Crippen LogP contribution < -0.4 is 15.6 Å². The lowest BCUT2D eigenvalue weighted by atomic mass is 9.96. The van der Waals surface area contributed by atoms with Gasteiger partial charge >= 0.3 is 0 Å². The largest absolute Gasteiger partial charge is 0.440 e. The Morgan fingerprint density at radius 2 is 1.78 bits per heavy atom. The summed E-state index contributed by atoms with van der Waals surface area (Å²) < 4.78 is 6.31. The van der Waals surface area contributed by atoms with E-state index in [9.17, 15) is 4.79 Å². The van der Waals surface area contributed by atoms with Crippen LogP contribution in [0, 0.1) is 6.92 Å². The number of nitrogens with zero attached hydrogens (tertiary/aromatic N) is 1. The Bertz CT molecular complexity index is 942. The molecule has 140 valence electrons. The summed E-state index contributed by atoms with van der Waals surface area (Å²) >= 11 is 0. The van der Waals surface area contributed by atoms with E-state index < -0.39 is 0 Å². The van der Waals surface area contributed by atoms with Gasteiger partial charge in [0.2, 0.25) is 0 Å². The van der Waals surface area contributed by atoms with Crippen molar-refractivity contribution in [3.63, 3.8) is 0 Å². The molecule has 2 heterocycles. The van der Waals surface area contributed by atoms with Gasteiger partial charge in [-0.15, -0.1) is 0 Å². The molecule has 0 spiro atoms. The van der Waals surface area contributed by atoms with E-state index in [1.165, 1.54) is 19.3 Å². The molecule has 3 aliphatic rings. The molecule has 4 nitrogen and oxygen atoms in total. The van der Waals surface area contributed by atoms with E-state index in [2.05, 4.69) is 16.3 Å². The lowest BCUT2D eigenvalue weighted by molar-refractivity contribution is 0.494. The van der Waals surface area contributed by atoms with E-state index in [1.807, 2.05) is 56.3 Å². The molecular weight excluding hydrogens is 336 g/mol. The summed E-state index contributed by atoms with van der Waals surface area (Å²) in [5.41, 5.74) is 3.47. The summed E-state index contributed by atoms with van der Waals surface area (Å²) in [6.07, 6.45) is 3.65. The topological polar surface area (TPSA) is 45.5 Å². The number of nitrogens with one attached hydrogen (secondary N) is 1. The van der Waals surface area contributed by atoms with Crippen molar-refractivity contribution >= 4 is 11.6 Å². The molecule has 0 bridgehead atoms. The number of anilines is 2. The summed E-state index contributed by atoms with van der Waals surface area (Å²) in [5, 5.41) is 3.44. The zero-order valence-corrected chi connectivity index (χ0v) is 16.0. The number of rotatable bonds is 4. The predicted molar refractivity (Wildman–Crippen MR) is 111 cm³/mol. The molecule has 1 aromatic carbocycles. The van der Waals surface area contributed by atoms with Gasteiger partial charge in [-0.05, 0) is 69.0 Å². The second kappa shape index (κ2) is 7.47. The number of fused-ring (bicyclic) bond motifs is 1. The monoisotopic (exact) mass is 362 g/mol. The standard InChI is InChI=1S/C23H26N2O2/c1-16-15-18-11-12-20(25-13-7-4-8-14-25)27-23(18)21(22(16)26)17(2)24-19-9-5-3-6-10-19/h3,5-6,9-12,15,17,24H,4,7-8,13-14H2,1-2H3/t17-/m1/s1. The Balaban J connectivity index is 1.77. The van der Waals surface area contributed by atoms with Crippen molar-refractivity contribution in [1.82, 2.24) is 0 Å². The van der Waals surface area contributed by atoms with E-state index in [1.54, 1.807) is 0 Å². The quantitative estimate of drug-likeness (QED) is 0.691. The number of hydrogen-bond acceptors (Lipinski definition) is 4. The van der Waals surface area contributed by atoms with Crippen molar-refractivity contribution < 1.29 is 4.42 Å². The van der Waals surface area contributed by atoms with Gasteiger partial charge in [-0.25, -0.2) is 0 Å². The van der Waals surface area contributed by atoms with Crippen LogP contribution in [0.1, 0.15) is 43.4 Å². The van der Waals surface area contributed by atoms with E-state index in [-0.39, 0.29) is 11.5 Å². The van der Waals surface area contributed by atoms with Gasteiger partial charge in [-0.2, -0.15) is 0 Å². The molecule has 0 unspecified atom stereocenters. The maximum absolute atomic E-state index is 13.0. The predicted octanol–water partition coefficient (Wildman–Crippen LogP) is 5.22. The highest BCUT2D eigenvalue weighted by molar-refractivity contribution is 5.67. The van der Waals surface area contributed by atoms with Gasteiger partial charge < -0.3 is 14.6 Å². The SMILES string of the molecule is Cc1cc2ccc(N3CCCCC3)oc-2c([C@@H](C)Nc2ccccc2)c1=O. The fourth-order valence-corrected chi connectivity index (χ4v) is 3.91. The molecule has 0 amide bonds. The van der Waals surface area contributed by atoms with Crippen LogP contribution in [0.15, 0.2) is 57.7 Å². The third kappa shape index (κ3) is 3.57. The van der Waals surface area contributed by atoms with E-state index in [0.29, 0.717) is 11.3 Å². The summed E-state index contributed by atoms with van der Waals surface area (Å²) in [6.45, 7) is 5.92. The van der Waals surface area contributed by atoms with Crippen molar-refractivity contribution in [2.24, 2.45) is 0 Å². The summed E-state index contributed by atoms with van der Waals surface area (Å²) in [7, 11) is 0. The second-order valence-corrected chi connectivity index (χ2v) is 7.41. The molecule has 0 radical (unpaired) electrons. The van der Waals surface area contributed by atoms with Crippen LogP contribution in [-0.4, -0.2) is 13.1 Å². The molecule has 1 aromatic rings. The highest BCUT2D eigenvalue weighted by atomic mass is 16.4. The van der Waals surface area contributed by atoms with Crippen molar-refractivity contribution in [3.8, 4) is 11.3 Å². The lowest BCUT2D eigenvalue weighted by Gasteiger charge is -2.28. The number of aryl methyl sites for hydroxylation is 1. The van der Waals surface area contributed by atoms with Crippen molar-refractivity contribution in [1.29, 1.82) is 0 Å². The van der Waals surface area contributed by atoms with E-state index in [0.717, 1.165) is 35.8 Å².